The maximum absolute atomic E-state index is 12.9. The van der Waals surface area contributed by atoms with E-state index in [1.54, 1.807) is 10.9 Å². The lowest BCUT2D eigenvalue weighted by Crippen LogP contribution is -2.31. The molecule has 1 aliphatic rings. The number of hydrogen-bond donors (Lipinski definition) is 1. The number of carbonyl (C=O) groups excluding carboxylic acids is 1. The van der Waals surface area contributed by atoms with Crippen LogP contribution in [-0.2, 0) is 18.3 Å². The average Bonchev–Trinajstić information content (AvgIpc) is 3.39. The number of rotatable bonds is 5. The minimum Gasteiger partial charge on any atom is -0.444 e. The molecule has 0 spiro atoms. The molecule has 9 nitrogen and oxygen atoms in total. The molecule has 0 unspecified atom stereocenters. The van der Waals surface area contributed by atoms with Gasteiger partial charge in [0.1, 0.15) is 6.26 Å². The summed E-state index contributed by atoms with van der Waals surface area (Å²) in [5.74, 6) is 1.09. The van der Waals surface area contributed by atoms with Crippen LogP contribution in [0.2, 0.25) is 0 Å². The zero-order valence-electron chi connectivity index (χ0n) is 18.2. The first-order valence-electron chi connectivity index (χ1n) is 10.8. The zero-order chi connectivity index (χ0) is 22.1. The fourth-order valence-corrected chi connectivity index (χ4v) is 4.06. The standard InChI is InChI=1S/C23H25N7O2/c1-15-10-16(6-7-24-15)23-25-18(14-32-23)12-20(31)26-19-11-17-13-29(2)28-21(17)27-22(19)30-8-4-3-5-9-30/h6-7,10-11,13-14H,3-5,8-9,12H2,1-2H3,(H,26,31). The summed E-state index contributed by atoms with van der Waals surface area (Å²) < 4.78 is 7.32. The summed E-state index contributed by atoms with van der Waals surface area (Å²) in [6.07, 6.45) is 8.70. The number of nitrogens with one attached hydrogen (secondary N) is 1. The highest BCUT2D eigenvalue weighted by Crippen LogP contribution is 2.30. The van der Waals surface area contributed by atoms with Crippen molar-refractivity contribution in [2.45, 2.75) is 32.6 Å². The molecule has 1 fully saturated rings. The largest absolute Gasteiger partial charge is 0.444 e. The second-order valence-corrected chi connectivity index (χ2v) is 8.18. The highest BCUT2D eigenvalue weighted by molar-refractivity contribution is 5.97. The van der Waals surface area contributed by atoms with Gasteiger partial charge >= 0.3 is 0 Å². The van der Waals surface area contributed by atoms with Gasteiger partial charge in [0.25, 0.3) is 0 Å². The number of aromatic nitrogens is 5. The van der Waals surface area contributed by atoms with Crippen LogP contribution in [0.3, 0.4) is 0 Å². The van der Waals surface area contributed by atoms with Gasteiger partial charge in [0.15, 0.2) is 11.5 Å². The van der Waals surface area contributed by atoms with Gasteiger partial charge in [-0.1, -0.05) is 0 Å². The molecule has 1 amide bonds. The molecule has 32 heavy (non-hydrogen) atoms. The molecule has 0 saturated carbocycles. The third-order valence-corrected chi connectivity index (χ3v) is 5.56. The van der Waals surface area contributed by atoms with Crippen molar-refractivity contribution in [2.75, 3.05) is 23.3 Å². The Hall–Kier alpha value is -3.75. The Morgan fingerprint density at radius 1 is 1.19 bits per heavy atom. The van der Waals surface area contributed by atoms with Gasteiger partial charge in [-0.15, -0.1) is 0 Å². The number of pyridine rings is 2. The van der Waals surface area contributed by atoms with Crippen LogP contribution < -0.4 is 10.2 Å². The van der Waals surface area contributed by atoms with E-state index in [0.717, 1.165) is 48.4 Å². The third kappa shape index (κ3) is 4.18. The number of carbonyl (C=O) groups is 1. The molecule has 0 aliphatic carbocycles. The Kier molecular flexibility index (Phi) is 5.30. The molecule has 4 aromatic rings. The summed E-state index contributed by atoms with van der Waals surface area (Å²) in [5, 5.41) is 8.37. The summed E-state index contributed by atoms with van der Waals surface area (Å²) in [4.78, 5) is 28.6. The summed E-state index contributed by atoms with van der Waals surface area (Å²) >= 11 is 0. The van der Waals surface area contributed by atoms with Crippen LogP contribution in [-0.4, -0.2) is 43.7 Å². The van der Waals surface area contributed by atoms with E-state index in [1.807, 2.05) is 38.4 Å². The van der Waals surface area contributed by atoms with Crippen LogP contribution in [0, 0.1) is 6.92 Å². The minimum atomic E-state index is -0.168. The molecule has 9 heteroatoms. The number of oxazole rings is 1. The summed E-state index contributed by atoms with van der Waals surface area (Å²) in [6.45, 7) is 3.76. The number of amides is 1. The monoisotopic (exact) mass is 431 g/mol. The predicted molar refractivity (Wildman–Crippen MR) is 121 cm³/mol. The molecule has 1 N–H and O–H groups in total. The second kappa shape index (κ2) is 8.41. The third-order valence-electron chi connectivity index (χ3n) is 5.56. The normalized spacial score (nSPS) is 14.1. The van der Waals surface area contributed by atoms with E-state index in [-0.39, 0.29) is 12.3 Å². The molecular formula is C23H25N7O2. The maximum Gasteiger partial charge on any atom is 0.230 e. The van der Waals surface area contributed by atoms with E-state index in [2.05, 4.69) is 25.3 Å². The number of fused-ring (bicyclic) bond motifs is 1. The van der Waals surface area contributed by atoms with E-state index in [1.165, 1.54) is 12.7 Å². The molecule has 5 rings (SSSR count). The maximum atomic E-state index is 12.9. The van der Waals surface area contributed by atoms with Crippen molar-refractivity contribution in [2.24, 2.45) is 7.05 Å². The van der Waals surface area contributed by atoms with E-state index in [9.17, 15) is 4.79 Å². The van der Waals surface area contributed by atoms with Gasteiger partial charge in [0, 0.05) is 49.2 Å². The molecule has 1 saturated heterocycles. The molecule has 164 valence electrons. The molecule has 1 aliphatic heterocycles. The summed E-state index contributed by atoms with van der Waals surface area (Å²) in [7, 11) is 1.87. The van der Waals surface area contributed by atoms with Crippen molar-refractivity contribution in [3.8, 4) is 11.5 Å². The van der Waals surface area contributed by atoms with Crippen molar-refractivity contribution < 1.29 is 9.21 Å². The molecule has 0 bridgehead atoms. The van der Waals surface area contributed by atoms with Crippen LogP contribution in [0.1, 0.15) is 30.7 Å². The number of nitrogens with zero attached hydrogens (tertiary/aromatic N) is 6. The molecule has 0 radical (unpaired) electrons. The number of anilines is 2. The fourth-order valence-electron chi connectivity index (χ4n) is 4.06. The van der Waals surface area contributed by atoms with Crippen molar-refractivity contribution in [1.82, 2.24) is 24.7 Å². The first-order valence-corrected chi connectivity index (χ1v) is 10.8. The van der Waals surface area contributed by atoms with E-state index >= 15 is 0 Å². The van der Waals surface area contributed by atoms with Gasteiger partial charge < -0.3 is 14.6 Å². The highest BCUT2D eigenvalue weighted by Gasteiger charge is 2.20. The topological polar surface area (TPSA) is 102 Å². The van der Waals surface area contributed by atoms with E-state index in [0.29, 0.717) is 22.9 Å². The molecule has 0 aromatic carbocycles. The van der Waals surface area contributed by atoms with Gasteiger partial charge in [0.2, 0.25) is 11.8 Å². The first kappa shape index (κ1) is 20.2. The van der Waals surface area contributed by atoms with E-state index in [4.69, 9.17) is 9.40 Å². The van der Waals surface area contributed by atoms with Crippen LogP contribution in [0.15, 0.2) is 41.3 Å². The Labute approximate surface area is 185 Å². The number of hydrogen-bond acceptors (Lipinski definition) is 7. The second-order valence-electron chi connectivity index (χ2n) is 8.18. The van der Waals surface area contributed by atoms with Gasteiger partial charge in [-0.05, 0) is 44.4 Å². The van der Waals surface area contributed by atoms with Crippen molar-refractivity contribution in [3.63, 3.8) is 0 Å². The quantitative estimate of drug-likeness (QED) is 0.516. The van der Waals surface area contributed by atoms with Crippen molar-refractivity contribution in [3.05, 3.63) is 48.2 Å². The van der Waals surface area contributed by atoms with Crippen LogP contribution in [0.25, 0.3) is 22.5 Å². The number of piperidine rings is 1. The van der Waals surface area contributed by atoms with Crippen molar-refractivity contribution in [1.29, 1.82) is 0 Å². The number of aryl methyl sites for hydroxylation is 2. The van der Waals surface area contributed by atoms with Crippen LogP contribution in [0.4, 0.5) is 11.5 Å². The van der Waals surface area contributed by atoms with Crippen LogP contribution >= 0.6 is 0 Å². The Morgan fingerprint density at radius 3 is 2.84 bits per heavy atom. The van der Waals surface area contributed by atoms with Gasteiger partial charge in [-0.2, -0.15) is 5.10 Å². The lowest BCUT2D eigenvalue weighted by Gasteiger charge is -2.29. The van der Waals surface area contributed by atoms with Gasteiger partial charge in [0.05, 0.1) is 17.8 Å². The van der Waals surface area contributed by atoms with Gasteiger partial charge in [-0.25, -0.2) is 9.97 Å². The van der Waals surface area contributed by atoms with Gasteiger partial charge in [-0.3, -0.25) is 14.5 Å². The highest BCUT2D eigenvalue weighted by atomic mass is 16.3. The first-order chi connectivity index (χ1) is 15.5. The lowest BCUT2D eigenvalue weighted by atomic mass is 10.1. The molecule has 5 heterocycles. The smallest absolute Gasteiger partial charge is 0.230 e. The molecule has 0 atom stereocenters. The minimum absolute atomic E-state index is 0.109. The van der Waals surface area contributed by atoms with Crippen molar-refractivity contribution >= 4 is 28.4 Å². The summed E-state index contributed by atoms with van der Waals surface area (Å²) in [5.41, 5.74) is 3.67. The Balaban J connectivity index is 1.37. The predicted octanol–water partition coefficient (Wildman–Crippen LogP) is 3.50. The lowest BCUT2D eigenvalue weighted by molar-refractivity contribution is -0.115. The SMILES string of the molecule is Cc1cc(-c2nc(CC(=O)Nc3cc4cn(C)nc4nc3N3CCCCC3)co2)ccn1. The summed E-state index contributed by atoms with van der Waals surface area (Å²) in [6, 6.07) is 5.68. The van der Waals surface area contributed by atoms with E-state index < -0.39 is 0 Å². The Morgan fingerprint density at radius 2 is 2.03 bits per heavy atom. The fraction of sp³-hybridized carbons (Fsp3) is 0.348. The Bertz CT molecular complexity index is 1270. The molecule has 4 aromatic heterocycles. The molecular weight excluding hydrogens is 406 g/mol. The average molecular weight is 432 g/mol. The van der Waals surface area contributed by atoms with Crippen LogP contribution in [0.5, 0.6) is 0 Å². The zero-order valence-corrected chi connectivity index (χ0v) is 18.2.